The Kier molecular flexibility index (Phi) is 21.2. The molecule has 0 atom stereocenters. The number of imidazole rings is 1. The van der Waals surface area contributed by atoms with Gasteiger partial charge in [0.15, 0.2) is 46.3 Å². The lowest BCUT2D eigenvalue weighted by Gasteiger charge is -2.19. The van der Waals surface area contributed by atoms with Gasteiger partial charge in [0.05, 0.1) is 6.33 Å². The highest BCUT2D eigenvalue weighted by Gasteiger charge is 2.31. The fourth-order valence-corrected chi connectivity index (χ4v) is 11.5. The molecular weight excluding hydrogens is 1060 g/mol. The van der Waals surface area contributed by atoms with Gasteiger partial charge in [0.25, 0.3) is 0 Å². The number of hydrogen-bond acceptors (Lipinski definition) is 9. The van der Waals surface area contributed by atoms with Gasteiger partial charge >= 0.3 is 0 Å². The SMILES string of the molecule is CC1=C(C)C(=O)C(CCCn2c(C)cc3ccccc32)=C(C)C1=O.CC1=C(C)C(=O)C(CCCn2ccc3ccccc32)=C(C)C1=O.CC1=C(C)C(=O)C(CCCn2cccc2)=C(C)C1=O.CC1=C(C)C(=O)C(CCCn2ccnc2)=C(C)C1=O. The number of ketones is 8. The maximum Gasteiger partial charge on any atom is 0.185 e. The fourth-order valence-electron chi connectivity index (χ4n) is 11.5. The number of carbonyl (C=O) groups is 8. The van der Waals surface area contributed by atoms with Crippen molar-refractivity contribution >= 4 is 68.1 Å². The molecule has 0 N–H and O–H groups in total. The predicted octanol–water partition coefficient (Wildman–Crippen LogP) is 14.3. The summed E-state index contributed by atoms with van der Waals surface area (Å²) in [6, 6.07) is 24.8. The van der Waals surface area contributed by atoms with Gasteiger partial charge in [-0.05, 0) is 189 Å². The topological polar surface area (TPSA) is 169 Å². The lowest BCUT2D eigenvalue weighted by Crippen LogP contribution is -2.21. The smallest absolute Gasteiger partial charge is 0.185 e. The average Bonchev–Trinajstić information content (AvgIpc) is 3.33. The van der Waals surface area contributed by atoms with Crippen LogP contribution in [0.4, 0.5) is 0 Å². The summed E-state index contributed by atoms with van der Waals surface area (Å²) >= 11 is 0. The number of nitrogens with zero attached hydrogens (tertiary/aromatic N) is 5. The first-order chi connectivity index (χ1) is 40.5. The van der Waals surface area contributed by atoms with Crippen molar-refractivity contribution in [1.82, 2.24) is 23.3 Å². The zero-order valence-corrected chi connectivity index (χ0v) is 51.9. The Morgan fingerprint density at radius 3 is 1.12 bits per heavy atom. The van der Waals surface area contributed by atoms with Gasteiger partial charge in [-0.2, -0.15) is 0 Å². The molecule has 4 aliphatic rings. The summed E-state index contributed by atoms with van der Waals surface area (Å²) in [5, 5.41) is 2.46. The molecule has 85 heavy (non-hydrogen) atoms. The Balaban J connectivity index is 0.000000163. The number of fused-ring (bicyclic) bond motifs is 2. The van der Waals surface area contributed by atoms with E-state index in [-0.39, 0.29) is 46.3 Å². The summed E-state index contributed by atoms with van der Waals surface area (Å²) in [5.74, 6) is 0.217. The zero-order valence-electron chi connectivity index (χ0n) is 51.9. The lowest BCUT2D eigenvalue weighted by atomic mass is 9.84. The Labute approximate surface area is 500 Å². The molecule has 0 fully saturated rings. The molecule has 13 nitrogen and oxygen atoms in total. The van der Waals surface area contributed by atoms with E-state index in [1.807, 2.05) is 59.6 Å². The van der Waals surface area contributed by atoms with Crippen LogP contribution in [0, 0.1) is 6.92 Å². The second-order valence-electron chi connectivity index (χ2n) is 22.7. The molecule has 0 aliphatic heterocycles. The number of allylic oxidation sites excluding steroid dienone is 16. The summed E-state index contributed by atoms with van der Waals surface area (Å²) in [6.45, 7) is 26.5. The number of para-hydroxylation sites is 2. The number of carbonyl (C=O) groups excluding carboxylic acids is 8. The van der Waals surface area contributed by atoms with Crippen LogP contribution < -0.4 is 0 Å². The van der Waals surface area contributed by atoms with Crippen molar-refractivity contribution in [2.45, 2.75) is 168 Å². The van der Waals surface area contributed by atoms with Crippen molar-refractivity contribution in [1.29, 1.82) is 0 Å². The molecule has 442 valence electrons. The van der Waals surface area contributed by atoms with Crippen molar-refractivity contribution < 1.29 is 38.4 Å². The third-order valence-corrected chi connectivity index (χ3v) is 17.5. The largest absolute Gasteiger partial charge is 0.354 e. The highest BCUT2D eigenvalue weighted by atomic mass is 16.2. The predicted molar refractivity (Wildman–Crippen MR) is 337 cm³/mol. The molecule has 0 unspecified atom stereocenters. The zero-order chi connectivity index (χ0) is 62.0. The molecule has 4 aliphatic carbocycles. The molecule has 0 saturated carbocycles. The number of hydrogen-bond donors (Lipinski definition) is 0. The summed E-state index contributed by atoms with van der Waals surface area (Å²) in [5.41, 5.74) is 13.6. The maximum absolute atomic E-state index is 12.5. The quantitative estimate of drug-likeness (QED) is 0.0856. The molecule has 4 heterocycles. The Bertz CT molecular complexity index is 3830. The summed E-state index contributed by atoms with van der Waals surface area (Å²) in [7, 11) is 0. The fraction of sp³-hybridized carbons (Fsp3) is 0.347. The number of aryl methyl sites for hydroxylation is 5. The molecule has 4 aromatic heterocycles. The van der Waals surface area contributed by atoms with Gasteiger partial charge in [0, 0.05) is 163 Å². The van der Waals surface area contributed by atoms with Gasteiger partial charge in [0.1, 0.15) is 0 Å². The minimum Gasteiger partial charge on any atom is -0.354 e. The van der Waals surface area contributed by atoms with Gasteiger partial charge in [-0.3, -0.25) is 38.4 Å². The normalized spacial score (nSPS) is 16.2. The second kappa shape index (κ2) is 28.2. The highest BCUT2D eigenvalue weighted by molar-refractivity contribution is 6.27. The molecule has 0 saturated heterocycles. The van der Waals surface area contributed by atoms with E-state index in [0.717, 1.165) is 51.9 Å². The van der Waals surface area contributed by atoms with Crippen LogP contribution in [0.1, 0.15) is 140 Å². The molecule has 0 amide bonds. The molecule has 2 aromatic carbocycles. The van der Waals surface area contributed by atoms with E-state index in [4.69, 9.17) is 0 Å². The van der Waals surface area contributed by atoms with Crippen molar-refractivity contribution in [3.8, 4) is 0 Å². The Morgan fingerprint density at radius 2 is 0.694 bits per heavy atom. The maximum atomic E-state index is 12.5. The van der Waals surface area contributed by atoms with Crippen LogP contribution in [-0.2, 0) is 64.5 Å². The molecule has 0 radical (unpaired) electrons. The Morgan fingerprint density at radius 1 is 0.329 bits per heavy atom. The van der Waals surface area contributed by atoms with Crippen LogP contribution in [0.25, 0.3) is 21.8 Å². The van der Waals surface area contributed by atoms with Gasteiger partial charge in [0.2, 0.25) is 0 Å². The van der Waals surface area contributed by atoms with Gasteiger partial charge < -0.3 is 18.3 Å². The molecule has 13 heteroatoms. The summed E-state index contributed by atoms with van der Waals surface area (Å²) in [6.07, 6.45) is 17.4. The third kappa shape index (κ3) is 14.3. The van der Waals surface area contributed by atoms with E-state index in [1.54, 1.807) is 95.6 Å². The van der Waals surface area contributed by atoms with E-state index in [1.165, 1.54) is 27.5 Å². The first-order valence-corrected chi connectivity index (χ1v) is 29.5. The summed E-state index contributed by atoms with van der Waals surface area (Å²) in [4.78, 5) is 102. The standard InChI is InChI=1S/C21H23NO2.C20H21NO2.C16H19NO2.C15H18N2O2/c1-13-12-17-8-5-6-10-19(17)22(13)11-7-9-18-16(4)20(23)14(2)15(3)21(18)24;1-13-14(2)20(23)17(15(3)19(13)22)8-6-11-21-12-10-16-7-4-5-9-18(16)21;1-11-12(2)16(19)14(13(3)15(11)18)7-6-10-17-8-4-5-9-17;1-10-11(2)15(19)13(12(3)14(10)18)5-4-7-17-8-6-16-9-17/h5-6,8,10,12H,7,9,11H2,1-4H3;4-5,7,9-10,12H,6,8,11H2,1-3H3;4-5,8-9H,6-7,10H2,1-3H3;6,8-9H,4-5,7H2,1-3H3. The van der Waals surface area contributed by atoms with Crippen molar-refractivity contribution in [2.24, 2.45) is 0 Å². The number of Topliss-reactive ketones (excluding diaryl/α,β-unsaturated/α-hetero) is 8. The van der Waals surface area contributed by atoms with Gasteiger partial charge in [-0.25, -0.2) is 4.98 Å². The molecule has 10 rings (SSSR count). The third-order valence-electron chi connectivity index (χ3n) is 17.5. The minimum absolute atomic E-state index is 0.00901. The van der Waals surface area contributed by atoms with E-state index < -0.39 is 0 Å². The monoisotopic (exact) mass is 1140 g/mol. The molecule has 6 aromatic rings. The molecule has 0 spiro atoms. The van der Waals surface area contributed by atoms with Crippen LogP contribution in [0.5, 0.6) is 0 Å². The summed E-state index contributed by atoms with van der Waals surface area (Å²) < 4.78 is 8.54. The average molecular weight is 1140 g/mol. The van der Waals surface area contributed by atoms with Crippen LogP contribution in [0.3, 0.4) is 0 Å². The van der Waals surface area contributed by atoms with Crippen LogP contribution in [0.15, 0.2) is 199 Å². The van der Waals surface area contributed by atoms with E-state index in [9.17, 15) is 38.4 Å². The van der Waals surface area contributed by atoms with Crippen LogP contribution in [-0.4, -0.2) is 69.5 Å². The van der Waals surface area contributed by atoms with E-state index in [2.05, 4.69) is 68.2 Å². The number of aromatic nitrogens is 5. The van der Waals surface area contributed by atoms with Crippen LogP contribution in [0.2, 0.25) is 0 Å². The van der Waals surface area contributed by atoms with Crippen LogP contribution >= 0.6 is 0 Å². The first-order valence-electron chi connectivity index (χ1n) is 29.5. The minimum atomic E-state index is 0.00901. The van der Waals surface area contributed by atoms with Crippen molar-refractivity contribution in [3.63, 3.8) is 0 Å². The van der Waals surface area contributed by atoms with E-state index >= 15 is 0 Å². The number of benzene rings is 2. The van der Waals surface area contributed by atoms with Crippen molar-refractivity contribution in [2.75, 3.05) is 0 Å². The lowest BCUT2D eigenvalue weighted by molar-refractivity contribution is -0.116. The molecular formula is C72H81N5O8. The van der Waals surface area contributed by atoms with Gasteiger partial charge in [-0.15, -0.1) is 0 Å². The Hall–Kier alpha value is -8.71. The molecule has 0 bridgehead atoms. The second-order valence-corrected chi connectivity index (χ2v) is 22.7. The first kappa shape index (κ1) is 63.9. The number of rotatable bonds is 16. The van der Waals surface area contributed by atoms with E-state index in [0.29, 0.717) is 115 Å². The highest BCUT2D eigenvalue weighted by Crippen LogP contribution is 2.32. The van der Waals surface area contributed by atoms with Crippen molar-refractivity contribution in [3.05, 3.63) is 205 Å². The van der Waals surface area contributed by atoms with Gasteiger partial charge in [-0.1, -0.05) is 36.4 Å².